The van der Waals surface area contributed by atoms with Gasteiger partial charge in [-0.15, -0.1) is 0 Å². The first kappa shape index (κ1) is 13.6. The van der Waals surface area contributed by atoms with Crippen molar-refractivity contribution in [2.24, 2.45) is 0 Å². The number of carbonyl (C=O) groups is 1. The lowest BCUT2D eigenvalue weighted by atomic mass is 9.95. The van der Waals surface area contributed by atoms with Crippen LogP contribution in [0.1, 0.15) is 36.8 Å². The summed E-state index contributed by atoms with van der Waals surface area (Å²) in [5.41, 5.74) is -0.258. The van der Waals surface area contributed by atoms with Crippen molar-refractivity contribution in [1.29, 1.82) is 0 Å². The lowest BCUT2D eigenvalue weighted by Gasteiger charge is -2.16. The number of carboxylic acid groups (broad SMARTS) is 1. The van der Waals surface area contributed by atoms with E-state index in [0.717, 1.165) is 0 Å². The quantitative estimate of drug-likeness (QED) is 0.919. The summed E-state index contributed by atoms with van der Waals surface area (Å²) in [4.78, 5) is 11.0. The number of carboxylic acids is 1. The molecule has 1 atom stereocenters. The van der Waals surface area contributed by atoms with E-state index in [9.17, 15) is 13.6 Å². The third kappa shape index (κ3) is 2.77. The molecular weight excluding hydrogens is 258 g/mol. The number of halogens is 2. The SMILES string of the molecule is CC(C(=O)O)c1cc2c(cc1C(F)F)OCCCO2. The van der Waals surface area contributed by atoms with Crippen LogP contribution in [-0.2, 0) is 4.79 Å². The van der Waals surface area contributed by atoms with E-state index in [1.165, 1.54) is 19.1 Å². The summed E-state index contributed by atoms with van der Waals surface area (Å²) >= 11 is 0. The van der Waals surface area contributed by atoms with Crippen molar-refractivity contribution in [2.75, 3.05) is 13.2 Å². The van der Waals surface area contributed by atoms with Crippen molar-refractivity contribution >= 4 is 5.97 Å². The summed E-state index contributed by atoms with van der Waals surface area (Å²) < 4.78 is 36.8. The van der Waals surface area contributed by atoms with E-state index in [4.69, 9.17) is 14.6 Å². The minimum Gasteiger partial charge on any atom is -0.490 e. The Labute approximate surface area is 108 Å². The van der Waals surface area contributed by atoms with Gasteiger partial charge in [-0.05, 0) is 24.6 Å². The first-order valence-corrected chi connectivity index (χ1v) is 5.95. The maximum Gasteiger partial charge on any atom is 0.310 e. The van der Waals surface area contributed by atoms with Gasteiger partial charge < -0.3 is 14.6 Å². The van der Waals surface area contributed by atoms with Gasteiger partial charge in [0.15, 0.2) is 11.5 Å². The minimum atomic E-state index is -2.76. The normalized spacial score (nSPS) is 16.0. The van der Waals surface area contributed by atoms with Crippen LogP contribution in [-0.4, -0.2) is 24.3 Å². The van der Waals surface area contributed by atoms with Crippen LogP contribution in [0, 0.1) is 0 Å². The summed E-state index contributed by atoms with van der Waals surface area (Å²) in [5.74, 6) is -1.61. The van der Waals surface area contributed by atoms with Gasteiger partial charge in [-0.3, -0.25) is 4.79 Å². The molecule has 1 aliphatic rings. The van der Waals surface area contributed by atoms with Gasteiger partial charge in [-0.25, -0.2) is 8.78 Å². The molecule has 0 radical (unpaired) electrons. The van der Waals surface area contributed by atoms with Crippen LogP contribution in [0.5, 0.6) is 11.5 Å². The lowest BCUT2D eigenvalue weighted by Crippen LogP contribution is -2.11. The first-order valence-electron chi connectivity index (χ1n) is 5.95. The lowest BCUT2D eigenvalue weighted by molar-refractivity contribution is -0.138. The van der Waals surface area contributed by atoms with E-state index in [-0.39, 0.29) is 16.9 Å². The summed E-state index contributed by atoms with van der Waals surface area (Å²) in [5, 5.41) is 8.98. The zero-order valence-corrected chi connectivity index (χ0v) is 10.4. The maximum atomic E-state index is 13.0. The third-order valence-electron chi connectivity index (χ3n) is 3.03. The second-order valence-electron chi connectivity index (χ2n) is 4.34. The van der Waals surface area contributed by atoms with Crippen molar-refractivity contribution < 1.29 is 28.2 Å². The number of hydrogen-bond acceptors (Lipinski definition) is 3. The zero-order valence-electron chi connectivity index (χ0n) is 10.4. The van der Waals surface area contributed by atoms with Crippen LogP contribution in [0.2, 0.25) is 0 Å². The molecule has 0 fully saturated rings. The zero-order chi connectivity index (χ0) is 14.0. The number of alkyl halides is 2. The van der Waals surface area contributed by atoms with Gasteiger partial charge in [-0.1, -0.05) is 0 Å². The Balaban J connectivity index is 2.51. The highest BCUT2D eigenvalue weighted by atomic mass is 19.3. The molecule has 1 aromatic rings. The molecule has 0 aliphatic carbocycles. The first-order chi connectivity index (χ1) is 9.00. The van der Waals surface area contributed by atoms with E-state index < -0.39 is 18.3 Å². The Kier molecular flexibility index (Phi) is 3.87. The van der Waals surface area contributed by atoms with Gasteiger partial charge in [-0.2, -0.15) is 0 Å². The monoisotopic (exact) mass is 272 g/mol. The molecular formula is C13H14F2O4. The molecule has 0 saturated heterocycles. The summed E-state index contributed by atoms with van der Waals surface area (Å²) in [6.07, 6.45) is -2.10. The highest BCUT2D eigenvalue weighted by molar-refractivity contribution is 5.76. The molecule has 104 valence electrons. The summed E-state index contributed by atoms with van der Waals surface area (Å²) in [6.45, 7) is 2.18. The van der Waals surface area contributed by atoms with Crippen molar-refractivity contribution in [3.63, 3.8) is 0 Å². The molecule has 1 aliphatic heterocycles. The predicted molar refractivity (Wildman–Crippen MR) is 63.1 cm³/mol. The molecule has 1 aromatic carbocycles. The molecule has 4 nitrogen and oxygen atoms in total. The number of aliphatic carboxylic acids is 1. The molecule has 0 spiro atoms. The average molecular weight is 272 g/mol. The molecule has 0 amide bonds. The fraction of sp³-hybridized carbons (Fsp3) is 0.462. The third-order valence-corrected chi connectivity index (χ3v) is 3.03. The van der Waals surface area contributed by atoms with Gasteiger partial charge in [0, 0.05) is 12.0 Å². The second kappa shape index (κ2) is 5.42. The Morgan fingerprint density at radius 1 is 1.21 bits per heavy atom. The largest absolute Gasteiger partial charge is 0.490 e. The van der Waals surface area contributed by atoms with E-state index in [1.807, 2.05) is 0 Å². The van der Waals surface area contributed by atoms with Crippen molar-refractivity contribution in [3.8, 4) is 11.5 Å². The Morgan fingerprint density at radius 2 is 1.74 bits per heavy atom. The van der Waals surface area contributed by atoms with Gasteiger partial charge in [0.2, 0.25) is 0 Å². The number of ether oxygens (including phenoxy) is 2. The fourth-order valence-corrected chi connectivity index (χ4v) is 1.94. The molecule has 1 N–H and O–H groups in total. The van der Waals surface area contributed by atoms with E-state index in [1.54, 1.807) is 0 Å². The highest BCUT2D eigenvalue weighted by Gasteiger charge is 2.25. The van der Waals surface area contributed by atoms with Crippen LogP contribution < -0.4 is 9.47 Å². The Bertz CT molecular complexity index is 488. The molecule has 6 heteroatoms. The fourth-order valence-electron chi connectivity index (χ4n) is 1.94. The summed E-state index contributed by atoms with van der Waals surface area (Å²) in [7, 11) is 0. The molecule has 1 unspecified atom stereocenters. The molecule has 0 bridgehead atoms. The van der Waals surface area contributed by atoms with Gasteiger partial charge >= 0.3 is 5.97 Å². The van der Waals surface area contributed by atoms with E-state index in [2.05, 4.69) is 0 Å². The molecule has 19 heavy (non-hydrogen) atoms. The molecule has 0 saturated carbocycles. The van der Waals surface area contributed by atoms with Crippen LogP contribution in [0.15, 0.2) is 12.1 Å². The molecule has 0 aromatic heterocycles. The van der Waals surface area contributed by atoms with Crippen LogP contribution in [0.3, 0.4) is 0 Å². The topological polar surface area (TPSA) is 55.8 Å². The van der Waals surface area contributed by atoms with Gasteiger partial charge in [0.05, 0.1) is 19.1 Å². The maximum absolute atomic E-state index is 13.0. The average Bonchev–Trinajstić information content (AvgIpc) is 2.60. The van der Waals surface area contributed by atoms with Crippen molar-refractivity contribution in [3.05, 3.63) is 23.3 Å². The predicted octanol–water partition coefficient (Wildman–Crippen LogP) is 2.97. The summed E-state index contributed by atoms with van der Waals surface area (Å²) in [6, 6.07) is 2.53. The number of fused-ring (bicyclic) bond motifs is 1. The standard InChI is InChI=1S/C13H14F2O4/c1-7(13(16)17)8-5-10-11(6-9(8)12(14)15)19-4-2-3-18-10/h5-7,12H,2-4H2,1H3,(H,16,17). The van der Waals surface area contributed by atoms with Crippen molar-refractivity contribution in [2.45, 2.75) is 25.7 Å². The van der Waals surface area contributed by atoms with Gasteiger partial charge in [0.1, 0.15) is 0 Å². The van der Waals surface area contributed by atoms with Crippen LogP contribution in [0.25, 0.3) is 0 Å². The van der Waals surface area contributed by atoms with E-state index >= 15 is 0 Å². The van der Waals surface area contributed by atoms with Crippen LogP contribution in [0.4, 0.5) is 8.78 Å². The Hall–Kier alpha value is -1.85. The highest BCUT2D eigenvalue weighted by Crippen LogP contribution is 2.39. The number of hydrogen-bond donors (Lipinski definition) is 1. The second-order valence-corrected chi connectivity index (χ2v) is 4.34. The van der Waals surface area contributed by atoms with E-state index in [0.29, 0.717) is 25.4 Å². The van der Waals surface area contributed by atoms with Crippen LogP contribution >= 0.6 is 0 Å². The molecule has 2 rings (SSSR count). The smallest absolute Gasteiger partial charge is 0.310 e. The van der Waals surface area contributed by atoms with Gasteiger partial charge in [0.25, 0.3) is 6.43 Å². The number of rotatable bonds is 3. The van der Waals surface area contributed by atoms with Crippen molar-refractivity contribution in [1.82, 2.24) is 0 Å². The molecule has 1 heterocycles. The number of benzene rings is 1. The Morgan fingerprint density at radius 3 is 2.21 bits per heavy atom. The minimum absolute atomic E-state index is 0.0618.